The van der Waals surface area contributed by atoms with Gasteiger partial charge in [0, 0.05) is 12.6 Å². The third-order valence-corrected chi connectivity index (χ3v) is 3.24. The fourth-order valence-electron chi connectivity index (χ4n) is 2.12. The predicted molar refractivity (Wildman–Crippen MR) is 83.9 cm³/mol. The van der Waals surface area contributed by atoms with Crippen LogP contribution in [0.3, 0.4) is 0 Å². The first-order valence-electron chi connectivity index (χ1n) is 7.05. The smallest absolute Gasteiger partial charge is 0.387 e. The molecule has 0 radical (unpaired) electrons. The van der Waals surface area contributed by atoms with Crippen LogP contribution >= 0.6 is 0 Å². The normalized spacial score (nSPS) is 10.4. The zero-order chi connectivity index (χ0) is 18.4. The molecule has 0 spiro atoms. The summed E-state index contributed by atoms with van der Waals surface area (Å²) in [4.78, 5) is 22.4. The first-order chi connectivity index (χ1) is 11.9. The van der Waals surface area contributed by atoms with E-state index in [1.807, 2.05) is 0 Å². The van der Waals surface area contributed by atoms with Crippen LogP contribution in [-0.4, -0.2) is 24.6 Å². The summed E-state index contributed by atoms with van der Waals surface area (Å²) in [5, 5.41) is 13.4. The van der Waals surface area contributed by atoms with Gasteiger partial charge in [-0.1, -0.05) is 18.2 Å². The quantitative estimate of drug-likeness (QED) is 0.611. The third-order valence-electron chi connectivity index (χ3n) is 3.24. The Bertz CT molecular complexity index is 783. The lowest BCUT2D eigenvalue weighted by Crippen LogP contribution is -2.23. The molecule has 25 heavy (non-hydrogen) atoms. The highest BCUT2D eigenvalue weighted by molar-refractivity contribution is 5.98. The fraction of sp³-hybridized carbons (Fsp3) is 0.188. The van der Waals surface area contributed by atoms with Crippen molar-refractivity contribution in [3.8, 4) is 11.5 Å². The summed E-state index contributed by atoms with van der Waals surface area (Å²) < 4.78 is 34.1. The first-order valence-corrected chi connectivity index (χ1v) is 7.05. The van der Waals surface area contributed by atoms with E-state index in [9.17, 15) is 23.7 Å². The third kappa shape index (κ3) is 4.63. The monoisotopic (exact) mass is 352 g/mol. The molecule has 0 atom stereocenters. The number of hydrogen-bond donors (Lipinski definition) is 1. The highest BCUT2D eigenvalue weighted by Gasteiger charge is 2.19. The van der Waals surface area contributed by atoms with E-state index in [0.29, 0.717) is 5.56 Å². The number of nitro groups is 1. The minimum Gasteiger partial charge on any atom is -0.493 e. The lowest BCUT2D eigenvalue weighted by molar-refractivity contribution is -0.385. The number of para-hydroxylation sites is 1. The molecule has 132 valence electrons. The predicted octanol–water partition coefficient (Wildman–Crippen LogP) is 3.13. The number of nitrogens with one attached hydrogen (secondary N) is 1. The van der Waals surface area contributed by atoms with Crippen LogP contribution in [0.15, 0.2) is 42.5 Å². The standard InChI is InChI=1S/C16H14F2N2O5/c1-24-13-7-6-10(8-14(13)25-16(17)18)9-19-15(21)11-4-2-3-5-12(11)20(22)23/h2-8,16H,9H2,1H3,(H,19,21). The second-order valence-electron chi connectivity index (χ2n) is 4.82. The van der Waals surface area contributed by atoms with Crippen molar-refractivity contribution in [1.29, 1.82) is 0 Å². The van der Waals surface area contributed by atoms with Crippen LogP contribution in [-0.2, 0) is 6.54 Å². The summed E-state index contributed by atoms with van der Waals surface area (Å²) in [6.45, 7) is -3.06. The van der Waals surface area contributed by atoms with Crippen molar-refractivity contribution in [2.24, 2.45) is 0 Å². The molecule has 2 rings (SSSR count). The molecule has 1 amide bonds. The van der Waals surface area contributed by atoms with Gasteiger partial charge in [0.2, 0.25) is 0 Å². The SMILES string of the molecule is COc1ccc(CNC(=O)c2ccccc2[N+](=O)[O-])cc1OC(F)F. The Labute approximate surface area is 141 Å². The molecule has 9 heteroatoms. The van der Waals surface area contributed by atoms with E-state index in [1.54, 1.807) is 6.07 Å². The maximum atomic E-state index is 12.4. The van der Waals surface area contributed by atoms with E-state index < -0.39 is 17.4 Å². The fourth-order valence-corrected chi connectivity index (χ4v) is 2.12. The zero-order valence-corrected chi connectivity index (χ0v) is 13.1. The molecular formula is C16H14F2N2O5. The van der Waals surface area contributed by atoms with Crippen LogP contribution in [0, 0.1) is 10.1 Å². The summed E-state index contributed by atoms with van der Waals surface area (Å²) in [5.74, 6) is -0.705. The van der Waals surface area contributed by atoms with Gasteiger partial charge >= 0.3 is 6.61 Å². The van der Waals surface area contributed by atoms with Crippen molar-refractivity contribution >= 4 is 11.6 Å². The van der Waals surface area contributed by atoms with Crippen molar-refractivity contribution in [1.82, 2.24) is 5.32 Å². The van der Waals surface area contributed by atoms with Gasteiger partial charge in [-0.05, 0) is 23.8 Å². The maximum absolute atomic E-state index is 12.4. The molecule has 0 fully saturated rings. The molecule has 0 aliphatic rings. The van der Waals surface area contributed by atoms with Crippen molar-refractivity contribution in [2.75, 3.05) is 7.11 Å². The zero-order valence-electron chi connectivity index (χ0n) is 13.1. The highest BCUT2D eigenvalue weighted by Crippen LogP contribution is 2.29. The summed E-state index contributed by atoms with van der Waals surface area (Å²) in [6, 6.07) is 9.77. The van der Waals surface area contributed by atoms with E-state index in [0.717, 1.165) is 0 Å². The van der Waals surface area contributed by atoms with Gasteiger partial charge in [0.05, 0.1) is 12.0 Å². The van der Waals surface area contributed by atoms with Crippen LogP contribution in [0.2, 0.25) is 0 Å². The molecule has 0 unspecified atom stereocenters. The van der Waals surface area contributed by atoms with E-state index in [-0.39, 0.29) is 29.3 Å². The lowest BCUT2D eigenvalue weighted by atomic mass is 10.1. The Kier molecular flexibility index (Phi) is 5.83. The molecule has 2 aromatic rings. The Morgan fingerprint density at radius 1 is 1.24 bits per heavy atom. The van der Waals surface area contributed by atoms with Gasteiger partial charge < -0.3 is 14.8 Å². The minimum absolute atomic E-state index is 0.0333. The lowest BCUT2D eigenvalue weighted by Gasteiger charge is -2.12. The van der Waals surface area contributed by atoms with E-state index in [2.05, 4.69) is 10.1 Å². The van der Waals surface area contributed by atoms with Gasteiger partial charge in [-0.3, -0.25) is 14.9 Å². The van der Waals surface area contributed by atoms with Gasteiger partial charge in [0.15, 0.2) is 11.5 Å². The first kappa shape index (κ1) is 18.1. The molecule has 0 aromatic heterocycles. The van der Waals surface area contributed by atoms with Gasteiger partial charge in [-0.15, -0.1) is 0 Å². The molecule has 7 nitrogen and oxygen atoms in total. The average molecular weight is 352 g/mol. The van der Waals surface area contributed by atoms with Crippen LogP contribution in [0.25, 0.3) is 0 Å². The largest absolute Gasteiger partial charge is 0.493 e. The number of rotatable bonds is 7. The van der Waals surface area contributed by atoms with E-state index >= 15 is 0 Å². The number of alkyl halides is 2. The number of amides is 1. The number of hydrogen-bond acceptors (Lipinski definition) is 5. The average Bonchev–Trinajstić information content (AvgIpc) is 2.59. The van der Waals surface area contributed by atoms with E-state index in [1.165, 1.54) is 43.5 Å². The number of nitro benzene ring substituents is 1. The number of halogens is 2. The number of benzene rings is 2. The van der Waals surface area contributed by atoms with Crippen molar-refractivity contribution in [2.45, 2.75) is 13.2 Å². The van der Waals surface area contributed by atoms with Gasteiger partial charge in [-0.25, -0.2) is 0 Å². The summed E-state index contributed by atoms with van der Waals surface area (Å²) >= 11 is 0. The summed E-state index contributed by atoms with van der Waals surface area (Å²) in [7, 11) is 1.31. The molecule has 0 heterocycles. The second-order valence-corrected chi connectivity index (χ2v) is 4.82. The molecular weight excluding hydrogens is 338 g/mol. The van der Waals surface area contributed by atoms with E-state index in [4.69, 9.17) is 4.74 Å². The van der Waals surface area contributed by atoms with Crippen LogP contribution in [0.1, 0.15) is 15.9 Å². The maximum Gasteiger partial charge on any atom is 0.387 e. The summed E-state index contributed by atoms with van der Waals surface area (Å²) in [6.07, 6.45) is 0. The van der Waals surface area contributed by atoms with Crippen molar-refractivity contribution in [3.63, 3.8) is 0 Å². The number of carbonyl (C=O) groups is 1. The van der Waals surface area contributed by atoms with Crippen LogP contribution in [0.4, 0.5) is 14.5 Å². The number of nitrogens with zero attached hydrogens (tertiary/aromatic N) is 1. The molecule has 0 aliphatic heterocycles. The summed E-state index contributed by atoms with van der Waals surface area (Å²) in [5.41, 5.74) is 0.0462. The Balaban J connectivity index is 2.13. The Hall–Kier alpha value is -3.23. The Morgan fingerprint density at radius 3 is 2.60 bits per heavy atom. The van der Waals surface area contributed by atoms with Crippen molar-refractivity contribution < 1.29 is 28.0 Å². The number of ether oxygens (including phenoxy) is 2. The van der Waals surface area contributed by atoms with Gasteiger partial charge in [0.25, 0.3) is 11.6 Å². The molecule has 0 aliphatic carbocycles. The highest BCUT2D eigenvalue weighted by atomic mass is 19.3. The van der Waals surface area contributed by atoms with Gasteiger partial charge in [-0.2, -0.15) is 8.78 Å². The van der Waals surface area contributed by atoms with Gasteiger partial charge in [0.1, 0.15) is 5.56 Å². The topological polar surface area (TPSA) is 90.7 Å². The number of methoxy groups -OCH3 is 1. The molecule has 0 saturated heterocycles. The molecule has 1 N–H and O–H groups in total. The molecule has 0 saturated carbocycles. The van der Waals surface area contributed by atoms with Crippen LogP contribution in [0.5, 0.6) is 11.5 Å². The second kappa shape index (κ2) is 8.04. The molecule has 2 aromatic carbocycles. The Morgan fingerprint density at radius 2 is 1.96 bits per heavy atom. The van der Waals surface area contributed by atoms with Crippen LogP contribution < -0.4 is 14.8 Å². The molecule has 0 bridgehead atoms. The number of carbonyl (C=O) groups excluding carboxylic acids is 1. The van der Waals surface area contributed by atoms with Crippen molar-refractivity contribution in [3.05, 3.63) is 63.7 Å². The minimum atomic E-state index is -3.02.